The summed E-state index contributed by atoms with van der Waals surface area (Å²) in [6, 6.07) is 0. The number of hydrogen-bond donors (Lipinski definition) is 0. The molecule has 0 spiro atoms. The van der Waals surface area contributed by atoms with Gasteiger partial charge in [-0.2, -0.15) is 0 Å². The van der Waals surface area contributed by atoms with Crippen molar-refractivity contribution < 1.29 is 4.79 Å². The van der Waals surface area contributed by atoms with Gasteiger partial charge in [0.05, 0.1) is 11.0 Å². The monoisotopic (exact) mass is 421 g/mol. The van der Waals surface area contributed by atoms with E-state index >= 15 is 0 Å². The number of carbonyl (C=O) groups excluding carboxylic acids is 1. The van der Waals surface area contributed by atoms with Crippen molar-refractivity contribution in [1.82, 2.24) is 24.6 Å². The standard InChI is InChI=1S/C19H28BrN5O/c1-2-23-3-5-24(6-4-23)16(26)18-8-14-7-15(9-18)11-19(10-14,12-18)25-13-21-17(20)22-25/h13-15H,2-12H2,1H3/t14-,15-,18?,19?/m1/s1. The number of aromatic nitrogens is 3. The quantitative estimate of drug-likeness (QED) is 0.751. The van der Waals surface area contributed by atoms with Gasteiger partial charge in [-0.3, -0.25) is 4.79 Å². The fraction of sp³-hybridized carbons (Fsp3) is 0.842. The molecule has 0 unspecified atom stereocenters. The normalized spacial score (nSPS) is 39.5. The SMILES string of the molecule is CCN1CCN(C(=O)C23C[C@H]4C[C@H](C2)CC(n2cnc(Br)n2)(C4)C3)CC1. The Kier molecular flexibility index (Phi) is 3.98. The van der Waals surface area contributed by atoms with E-state index in [0.717, 1.165) is 64.8 Å². The molecule has 5 aliphatic rings. The molecule has 0 N–H and O–H groups in total. The smallest absolute Gasteiger partial charge is 0.228 e. The maximum atomic E-state index is 13.7. The Morgan fingerprint density at radius 2 is 1.88 bits per heavy atom. The fourth-order valence-electron chi connectivity index (χ4n) is 6.81. The number of likely N-dealkylation sites (N-methyl/N-ethyl adjacent to an activating group) is 1. The summed E-state index contributed by atoms with van der Waals surface area (Å²) < 4.78 is 2.75. The van der Waals surface area contributed by atoms with E-state index in [1.165, 1.54) is 6.42 Å². The maximum absolute atomic E-state index is 13.7. The largest absolute Gasteiger partial charge is 0.340 e. The molecule has 4 bridgehead atoms. The fourth-order valence-corrected chi connectivity index (χ4v) is 7.07. The minimum Gasteiger partial charge on any atom is -0.340 e. The molecule has 4 aliphatic carbocycles. The van der Waals surface area contributed by atoms with Crippen LogP contribution in [0.1, 0.15) is 45.4 Å². The van der Waals surface area contributed by atoms with Gasteiger partial charge >= 0.3 is 0 Å². The van der Waals surface area contributed by atoms with Crippen LogP contribution in [0.5, 0.6) is 0 Å². The van der Waals surface area contributed by atoms with E-state index < -0.39 is 0 Å². The average Bonchev–Trinajstić information content (AvgIpc) is 3.07. The van der Waals surface area contributed by atoms with Gasteiger partial charge < -0.3 is 9.80 Å². The molecule has 0 aromatic carbocycles. The van der Waals surface area contributed by atoms with Crippen LogP contribution in [-0.2, 0) is 10.3 Å². The summed E-state index contributed by atoms with van der Waals surface area (Å²) in [6.45, 7) is 7.12. The lowest BCUT2D eigenvalue weighted by molar-refractivity contribution is -0.168. The van der Waals surface area contributed by atoms with Gasteiger partial charge in [0.15, 0.2) is 0 Å². The van der Waals surface area contributed by atoms with Crippen molar-refractivity contribution >= 4 is 21.8 Å². The highest BCUT2D eigenvalue weighted by Gasteiger charge is 2.62. The van der Waals surface area contributed by atoms with E-state index in [2.05, 4.69) is 47.4 Å². The van der Waals surface area contributed by atoms with Gasteiger partial charge in [-0.15, -0.1) is 5.10 Å². The number of nitrogens with zero attached hydrogens (tertiary/aromatic N) is 5. The van der Waals surface area contributed by atoms with Crippen LogP contribution < -0.4 is 0 Å². The molecule has 4 saturated carbocycles. The van der Waals surface area contributed by atoms with E-state index in [-0.39, 0.29) is 11.0 Å². The molecule has 6 rings (SSSR count). The molecule has 1 amide bonds. The molecule has 1 aliphatic heterocycles. The number of hydrogen-bond acceptors (Lipinski definition) is 4. The third-order valence-electron chi connectivity index (χ3n) is 7.54. The zero-order valence-electron chi connectivity index (χ0n) is 15.5. The Morgan fingerprint density at radius 1 is 1.19 bits per heavy atom. The number of rotatable bonds is 3. The number of amides is 1. The molecule has 0 radical (unpaired) electrons. The Labute approximate surface area is 163 Å². The molecule has 142 valence electrons. The van der Waals surface area contributed by atoms with Crippen molar-refractivity contribution in [2.75, 3.05) is 32.7 Å². The first-order chi connectivity index (χ1) is 12.5. The summed E-state index contributed by atoms with van der Waals surface area (Å²) >= 11 is 3.41. The number of piperazine rings is 1. The van der Waals surface area contributed by atoms with Gasteiger partial charge in [0.25, 0.3) is 0 Å². The summed E-state index contributed by atoms with van der Waals surface area (Å²) in [5.41, 5.74) is -0.152. The lowest BCUT2D eigenvalue weighted by atomic mass is 9.46. The van der Waals surface area contributed by atoms with E-state index in [4.69, 9.17) is 0 Å². The van der Waals surface area contributed by atoms with Crippen LogP contribution in [0.3, 0.4) is 0 Å². The van der Waals surface area contributed by atoms with Crippen LogP contribution in [0, 0.1) is 17.3 Å². The lowest BCUT2D eigenvalue weighted by Gasteiger charge is -2.61. The summed E-state index contributed by atoms with van der Waals surface area (Å²) in [5.74, 6) is 1.77. The predicted molar refractivity (Wildman–Crippen MR) is 102 cm³/mol. The van der Waals surface area contributed by atoms with Crippen LogP contribution >= 0.6 is 15.9 Å². The summed E-state index contributed by atoms with van der Waals surface area (Å²) in [7, 11) is 0. The highest BCUT2D eigenvalue weighted by Crippen LogP contribution is 2.64. The highest BCUT2D eigenvalue weighted by atomic mass is 79.9. The lowest BCUT2D eigenvalue weighted by Crippen LogP contribution is -2.63. The van der Waals surface area contributed by atoms with Crippen LogP contribution in [0.25, 0.3) is 0 Å². The molecule has 6 nitrogen and oxygen atoms in total. The van der Waals surface area contributed by atoms with Crippen molar-refractivity contribution in [3.05, 3.63) is 11.1 Å². The Bertz CT molecular complexity index is 697. The van der Waals surface area contributed by atoms with Crippen molar-refractivity contribution in [3.8, 4) is 0 Å². The van der Waals surface area contributed by atoms with Gasteiger partial charge in [0.2, 0.25) is 10.6 Å². The highest BCUT2D eigenvalue weighted by molar-refractivity contribution is 9.10. The molecule has 2 atom stereocenters. The van der Waals surface area contributed by atoms with Gasteiger partial charge in [0.1, 0.15) is 6.33 Å². The van der Waals surface area contributed by atoms with Gasteiger partial charge in [-0.1, -0.05) is 6.92 Å². The number of halogens is 1. The molecule has 1 saturated heterocycles. The minimum atomic E-state index is -0.156. The van der Waals surface area contributed by atoms with Gasteiger partial charge in [-0.25, -0.2) is 9.67 Å². The summed E-state index contributed by atoms with van der Waals surface area (Å²) in [4.78, 5) is 22.6. The van der Waals surface area contributed by atoms with Crippen molar-refractivity contribution in [3.63, 3.8) is 0 Å². The van der Waals surface area contributed by atoms with Gasteiger partial charge in [0, 0.05) is 26.2 Å². The summed E-state index contributed by atoms with van der Waals surface area (Å²) in [5, 5.41) is 4.62. The third-order valence-corrected chi connectivity index (χ3v) is 7.90. The van der Waals surface area contributed by atoms with Crippen molar-refractivity contribution in [1.29, 1.82) is 0 Å². The Balaban J connectivity index is 1.43. The van der Waals surface area contributed by atoms with Crippen LogP contribution in [0.2, 0.25) is 0 Å². The van der Waals surface area contributed by atoms with Crippen LogP contribution in [0.4, 0.5) is 0 Å². The van der Waals surface area contributed by atoms with Gasteiger partial charge in [-0.05, 0) is 72.8 Å². The first-order valence-corrected chi connectivity index (χ1v) is 10.9. The Hall–Kier alpha value is -0.950. The van der Waals surface area contributed by atoms with Crippen molar-refractivity contribution in [2.45, 2.75) is 51.0 Å². The summed E-state index contributed by atoms with van der Waals surface area (Å²) in [6.07, 6.45) is 8.64. The molecular weight excluding hydrogens is 394 g/mol. The predicted octanol–water partition coefficient (Wildman–Crippen LogP) is 2.50. The first-order valence-electron chi connectivity index (χ1n) is 10.1. The topological polar surface area (TPSA) is 54.3 Å². The maximum Gasteiger partial charge on any atom is 0.228 e. The van der Waals surface area contributed by atoms with Crippen LogP contribution in [0.15, 0.2) is 11.1 Å². The zero-order chi connectivity index (χ0) is 17.9. The van der Waals surface area contributed by atoms with Crippen molar-refractivity contribution in [2.24, 2.45) is 17.3 Å². The first kappa shape index (κ1) is 17.2. The van der Waals surface area contributed by atoms with E-state index in [1.54, 1.807) is 0 Å². The van der Waals surface area contributed by atoms with E-state index in [9.17, 15) is 4.79 Å². The second kappa shape index (κ2) is 6.03. The molecular formula is C19H28BrN5O. The Morgan fingerprint density at radius 3 is 2.46 bits per heavy atom. The molecule has 5 fully saturated rings. The molecule has 26 heavy (non-hydrogen) atoms. The second-order valence-electron chi connectivity index (χ2n) is 9.15. The second-order valence-corrected chi connectivity index (χ2v) is 9.86. The molecule has 1 aromatic rings. The number of carbonyl (C=O) groups is 1. The molecule has 2 heterocycles. The molecule has 7 heteroatoms. The minimum absolute atomic E-state index is 0.00397. The molecule has 1 aromatic heterocycles. The van der Waals surface area contributed by atoms with E-state index in [0.29, 0.717) is 22.5 Å². The van der Waals surface area contributed by atoms with Crippen LogP contribution in [-0.4, -0.2) is 63.2 Å². The van der Waals surface area contributed by atoms with E-state index in [1.807, 2.05) is 6.33 Å². The average molecular weight is 422 g/mol. The zero-order valence-corrected chi connectivity index (χ0v) is 17.1. The third kappa shape index (κ3) is 2.57.